The smallest absolute Gasteiger partial charge is 0.253 e. The lowest BCUT2D eigenvalue weighted by atomic mass is 10.0. The first kappa shape index (κ1) is 37.4. The second-order valence-electron chi connectivity index (χ2n) is 9.32. The van der Waals surface area contributed by atoms with Crippen molar-refractivity contribution in [3.8, 4) is 11.1 Å². The molecule has 0 bridgehead atoms. The van der Waals surface area contributed by atoms with Crippen molar-refractivity contribution in [3.05, 3.63) is 58.7 Å². The second-order valence-corrected chi connectivity index (χ2v) is 9.32. The van der Waals surface area contributed by atoms with Crippen LogP contribution in [0, 0.1) is 46.5 Å². The number of rotatable bonds is 14. The molecule has 240 valence electrons. The summed E-state index contributed by atoms with van der Waals surface area (Å²) >= 11 is 0. The zero-order chi connectivity index (χ0) is 32.5. The van der Waals surface area contributed by atoms with Crippen LogP contribution in [-0.2, 0) is 0 Å². The van der Waals surface area contributed by atoms with Gasteiger partial charge in [0.15, 0.2) is 40.7 Å². The summed E-state index contributed by atoms with van der Waals surface area (Å²) in [4.78, 5) is 0. The molecule has 2 rings (SSSR count). The maximum absolute atomic E-state index is 13.5. The number of hydrogen-bond acceptors (Lipinski definition) is 1. The maximum atomic E-state index is 13.5. The Balaban J connectivity index is 0.000000421. The Morgan fingerprint density at radius 3 is 1.52 bits per heavy atom. The van der Waals surface area contributed by atoms with Gasteiger partial charge in [-0.25, -0.2) is 35.1 Å². The normalized spacial score (nSPS) is 12.4. The molecule has 0 aromatic heterocycles. The minimum absolute atomic E-state index is 0.191. The first-order chi connectivity index (χ1) is 19.4. The van der Waals surface area contributed by atoms with Gasteiger partial charge in [0.1, 0.15) is 0 Å². The van der Waals surface area contributed by atoms with Gasteiger partial charge in [-0.1, -0.05) is 52.4 Å². The van der Waals surface area contributed by atoms with Gasteiger partial charge in [-0.2, -0.15) is 26.3 Å². The Morgan fingerprint density at radius 2 is 1.02 bits per heavy atom. The fourth-order valence-electron chi connectivity index (χ4n) is 3.63. The van der Waals surface area contributed by atoms with E-state index in [1.807, 2.05) is 13.8 Å². The number of unbranched alkanes of at least 4 members (excludes halogenated alkanes) is 6. The van der Waals surface area contributed by atoms with Crippen LogP contribution in [-0.4, -0.2) is 24.4 Å². The largest absolute Gasteiger partial charge is 0.386 e. The molecular weight excluding hydrogens is 604 g/mol. The average molecular weight is 634 g/mol. The number of benzene rings is 2. The van der Waals surface area contributed by atoms with E-state index in [0.29, 0.717) is 31.4 Å². The Morgan fingerprint density at radius 1 is 0.548 bits per heavy atom. The maximum Gasteiger partial charge on any atom is 0.386 e. The summed E-state index contributed by atoms with van der Waals surface area (Å²) in [7, 11) is 0. The van der Waals surface area contributed by atoms with Crippen molar-refractivity contribution >= 4 is 0 Å². The first-order valence-electron chi connectivity index (χ1n) is 12.9. The molecule has 15 heteroatoms. The third-order valence-electron chi connectivity index (χ3n) is 6.09. The molecule has 1 nitrogen and oxygen atoms in total. The van der Waals surface area contributed by atoms with Crippen molar-refractivity contribution in [2.75, 3.05) is 6.54 Å². The van der Waals surface area contributed by atoms with E-state index in [2.05, 4.69) is 0 Å². The summed E-state index contributed by atoms with van der Waals surface area (Å²) in [6.07, 6.45) is 2.78. The Kier molecular flexibility index (Phi) is 14.1. The molecule has 0 spiro atoms. The molecule has 0 aliphatic heterocycles. The number of halogens is 14. The van der Waals surface area contributed by atoms with Gasteiger partial charge in [0.05, 0.1) is 5.56 Å². The highest BCUT2D eigenvalue weighted by Gasteiger charge is 2.70. The van der Waals surface area contributed by atoms with Crippen LogP contribution >= 0.6 is 0 Å². The van der Waals surface area contributed by atoms with E-state index >= 15 is 0 Å². The molecule has 0 saturated carbocycles. The highest BCUT2D eigenvalue weighted by atomic mass is 19.3. The molecule has 0 aliphatic rings. The predicted octanol–water partition coefficient (Wildman–Crippen LogP) is 10.5. The van der Waals surface area contributed by atoms with Crippen molar-refractivity contribution in [3.63, 3.8) is 0 Å². The van der Waals surface area contributed by atoms with E-state index in [1.54, 1.807) is 0 Å². The fraction of sp³-hybridized carbons (Fsp3) is 0.556. The summed E-state index contributed by atoms with van der Waals surface area (Å²) < 4.78 is 185. The van der Waals surface area contributed by atoms with E-state index in [-0.39, 0.29) is 12.8 Å². The predicted molar refractivity (Wildman–Crippen MR) is 127 cm³/mol. The van der Waals surface area contributed by atoms with Gasteiger partial charge in [-0.15, -0.1) is 0 Å². The fourth-order valence-corrected chi connectivity index (χ4v) is 3.63. The van der Waals surface area contributed by atoms with Crippen molar-refractivity contribution in [2.24, 2.45) is 0 Å². The lowest BCUT2D eigenvalue weighted by Crippen LogP contribution is -2.61. The third-order valence-corrected chi connectivity index (χ3v) is 6.09. The summed E-state index contributed by atoms with van der Waals surface area (Å²) in [6.45, 7) is 3.34. The number of alkyl halides is 6. The minimum atomic E-state index is -5.39. The van der Waals surface area contributed by atoms with Crippen LogP contribution in [0.25, 0.3) is 11.1 Å². The third kappa shape index (κ3) is 8.73. The van der Waals surface area contributed by atoms with E-state index in [0.717, 1.165) is 19.3 Å². The molecule has 0 heterocycles. The van der Waals surface area contributed by atoms with Gasteiger partial charge in [-0.3, -0.25) is 5.32 Å². The summed E-state index contributed by atoms with van der Waals surface area (Å²) in [5.41, 5.74) is -2.95. The minimum Gasteiger partial charge on any atom is -0.253 e. The quantitative estimate of drug-likeness (QED) is 0.0718. The van der Waals surface area contributed by atoms with Crippen LogP contribution in [0.3, 0.4) is 0 Å². The molecule has 42 heavy (non-hydrogen) atoms. The van der Waals surface area contributed by atoms with Gasteiger partial charge in [0, 0.05) is 18.5 Å². The molecule has 0 fully saturated rings. The van der Waals surface area contributed by atoms with E-state index in [9.17, 15) is 61.5 Å². The van der Waals surface area contributed by atoms with Crippen molar-refractivity contribution in [1.29, 1.82) is 0 Å². The van der Waals surface area contributed by atoms with Crippen LogP contribution in [0.4, 0.5) is 61.5 Å². The summed E-state index contributed by atoms with van der Waals surface area (Å²) in [6, 6.07) is -4.24. The zero-order valence-electron chi connectivity index (χ0n) is 22.5. The van der Waals surface area contributed by atoms with Gasteiger partial charge < -0.3 is 0 Å². The molecule has 0 amide bonds. The second kappa shape index (κ2) is 15.8. The average Bonchev–Trinajstić information content (AvgIpc) is 2.93. The van der Waals surface area contributed by atoms with Gasteiger partial charge in [-0.05, 0) is 25.0 Å². The van der Waals surface area contributed by atoms with Crippen molar-refractivity contribution in [2.45, 2.75) is 89.5 Å². The molecule has 0 saturated heterocycles. The van der Waals surface area contributed by atoms with Crippen LogP contribution in [0.5, 0.6) is 0 Å². The van der Waals surface area contributed by atoms with Crippen LogP contribution in [0.2, 0.25) is 0 Å². The number of hydrogen-bond donors (Lipinski definition) is 1. The Bertz CT molecular complexity index is 1140. The Labute approximate surface area is 233 Å². The number of nitrogens with one attached hydrogen (secondary N) is 1. The van der Waals surface area contributed by atoms with Crippen LogP contribution in [0.15, 0.2) is 12.1 Å². The highest BCUT2D eigenvalue weighted by molar-refractivity contribution is 5.66. The Hall–Kier alpha value is -2.58. The SMILES string of the molecule is CCCCCCNC(F)(F)C(F)(F)C(F)(F)CCCCCC.Fc1ccc(-c2c(F)c(F)c(F)c(F)c2F)c(F)c1F. The molecule has 0 atom stereocenters. The first-order valence-corrected chi connectivity index (χ1v) is 12.9. The summed E-state index contributed by atoms with van der Waals surface area (Å²) in [5.74, 6) is -27.7. The molecular formula is C27H29F14N. The van der Waals surface area contributed by atoms with E-state index in [4.69, 9.17) is 0 Å². The lowest BCUT2D eigenvalue weighted by Gasteiger charge is -2.33. The van der Waals surface area contributed by atoms with Gasteiger partial charge >= 0.3 is 17.9 Å². The molecule has 2 aromatic carbocycles. The monoisotopic (exact) mass is 633 g/mol. The summed E-state index contributed by atoms with van der Waals surface area (Å²) in [5, 5.41) is 1.30. The van der Waals surface area contributed by atoms with Crippen LogP contribution < -0.4 is 5.32 Å². The van der Waals surface area contributed by atoms with Crippen molar-refractivity contribution < 1.29 is 61.5 Å². The topological polar surface area (TPSA) is 12.0 Å². The molecule has 0 aliphatic carbocycles. The van der Waals surface area contributed by atoms with E-state index < -0.39 is 88.5 Å². The van der Waals surface area contributed by atoms with Crippen LogP contribution in [0.1, 0.15) is 71.6 Å². The zero-order valence-corrected chi connectivity index (χ0v) is 22.5. The highest BCUT2D eigenvalue weighted by Crippen LogP contribution is 2.46. The molecule has 0 radical (unpaired) electrons. The van der Waals surface area contributed by atoms with Crippen molar-refractivity contribution in [1.82, 2.24) is 5.32 Å². The van der Waals surface area contributed by atoms with Gasteiger partial charge in [0.2, 0.25) is 5.82 Å². The standard InChI is InChI=1S/C15H27F6N.C12H2F8/c1-3-5-7-9-11-13(16,17)14(18,19)15(20,21)22-12-10-8-6-4-2;13-4-2-1-3(6(14)7(4)15)5-8(16)10(18)12(20)11(19)9(5)17/h22H,3-12H2,1-2H3;1-2H. The molecule has 2 aromatic rings. The van der Waals surface area contributed by atoms with Gasteiger partial charge in [0.25, 0.3) is 0 Å². The molecule has 0 unspecified atom stereocenters. The lowest BCUT2D eigenvalue weighted by molar-refractivity contribution is -0.320. The molecule has 1 N–H and O–H groups in total. The van der Waals surface area contributed by atoms with E-state index in [1.165, 1.54) is 5.32 Å².